The summed E-state index contributed by atoms with van der Waals surface area (Å²) in [6.07, 6.45) is 3.90. The van der Waals surface area contributed by atoms with Crippen LogP contribution in [0.25, 0.3) is 0 Å². The molecule has 0 aromatic heterocycles. The maximum atomic E-state index is 11.8. The monoisotopic (exact) mass is 172 g/mol. The van der Waals surface area contributed by atoms with E-state index in [4.69, 9.17) is 0 Å². The molecule has 11 heavy (non-hydrogen) atoms. The summed E-state index contributed by atoms with van der Waals surface area (Å²) in [4.78, 5) is 4.29. The van der Waals surface area contributed by atoms with Gasteiger partial charge in [-0.3, -0.25) is 9.20 Å². The summed E-state index contributed by atoms with van der Waals surface area (Å²) < 4.78 is 13.8. The third-order valence-corrected chi connectivity index (χ3v) is 4.17. The number of rotatable bonds is 0. The van der Waals surface area contributed by atoms with E-state index >= 15 is 0 Å². The van der Waals surface area contributed by atoms with Gasteiger partial charge in [-0.15, -0.1) is 0 Å². The zero-order valence-corrected chi connectivity index (χ0v) is 7.43. The highest BCUT2D eigenvalue weighted by molar-refractivity contribution is 7.99. The molecule has 3 aliphatic heterocycles. The van der Waals surface area contributed by atoms with Crippen molar-refractivity contribution in [2.75, 3.05) is 19.5 Å². The number of hydrogen-bond donors (Lipinski definition) is 0. The average molecular weight is 172 g/mol. The molecule has 2 bridgehead atoms. The van der Waals surface area contributed by atoms with Gasteiger partial charge >= 0.3 is 0 Å². The van der Waals surface area contributed by atoms with Crippen LogP contribution in [-0.2, 0) is 9.71 Å². The highest BCUT2D eigenvalue weighted by atomic mass is 32.2. The van der Waals surface area contributed by atoms with Crippen molar-refractivity contribution < 1.29 is 4.21 Å². The summed E-state index contributed by atoms with van der Waals surface area (Å²) in [6, 6.07) is 0. The van der Waals surface area contributed by atoms with E-state index in [9.17, 15) is 4.21 Å². The van der Waals surface area contributed by atoms with Crippen LogP contribution in [0.3, 0.4) is 0 Å². The van der Waals surface area contributed by atoms with E-state index in [1.54, 1.807) is 6.26 Å². The van der Waals surface area contributed by atoms with E-state index in [0.717, 1.165) is 25.1 Å². The van der Waals surface area contributed by atoms with E-state index in [0.29, 0.717) is 6.67 Å². The molecule has 2 unspecified atom stereocenters. The Morgan fingerprint density at radius 3 is 3.27 bits per heavy atom. The summed E-state index contributed by atoms with van der Waals surface area (Å²) in [5.41, 5.74) is 1.05. The van der Waals surface area contributed by atoms with E-state index in [-0.39, 0.29) is 0 Å². The zero-order valence-electron chi connectivity index (χ0n) is 6.62. The molecule has 3 nitrogen and oxygen atoms in total. The molecule has 0 amide bonds. The highest BCUT2D eigenvalue weighted by Gasteiger charge is 2.21. The Kier molecular flexibility index (Phi) is 1.54. The Balaban J connectivity index is 2.51. The molecule has 3 heterocycles. The van der Waals surface area contributed by atoms with Gasteiger partial charge < -0.3 is 0 Å². The molecule has 0 saturated carbocycles. The van der Waals surface area contributed by atoms with Crippen molar-refractivity contribution >= 4 is 20.8 Å². The van der Waals surface area contributed by atoms with Crippen LogP contribution in [0.15, 0.2) is 4.99 Å². The lowest BCUT2D eigenvalue weighted by molar-refractivity contribution is 0.462. The first kappa shape index (κ1) is 7.31. The lowest BCUT2D eigenvalue weighted by Gasteiger charge is -2.22. The molecule has 62 valence electrons. The van der Waals surface area contributed by atoms with Crippen molar-refractivity contribution in [3.63, 3.8) is 0 Å². The van der Waals surface area contributed by atoms with Gasteiger partial charge in [0.1, 0.15) is 6.67 Å². The van der Waals surface area contributed by atoms with Gasteiger partial charge in [0, 0.05) is 33.6 Å². The lowest BCUT2D eigenvalue weighted by atomic mass is 10.2. The van der Waals surface area contributed by atoms with Gasteiger partial charge in [0.2, 0.25) is 0 Å². The van der Waals surface area contributed by atoms with Crippen LogP contribution in [0.2, 0.25) is 0 Å². The van der Waals surface area contributed by atoms with Crippen LogP contribution in [-0.4, -0.2) is 39.1 Å². The number of nitrogens with zero attached hydrogens (tertiary/aromatic N) is 2. The Morgan fingerprint density at radius 1 is 1.73 bits per heavy atom. The van der Waals surface area contributed by atoms with Crippen molar-refractivity contribution in [2.24, 2.45) is 4.99 Å². The predicted octanol–water partition coefficient (Wildman–Crippen LogP) is 0.126. The maximum absolute atomic E-state index is 11.8. The lowest BCUT2D eigenvalue weighted by Crippen LogP contribution is -2.34. The van der Waals surface area contributed by atoms with Crippen molar-refractivity contribution in [1.82, 2.24) is 4.31 Å². The van der Waals surface area contributed by atoms with Crippen molar-refractivity contribution in [2.45, 2.75) is 12.8 Å². The first-order valence-electron chi connectivity index (χ1n) is 3.81. The third kappa shape index (κ3) is 1.20. The van der Waals surface area contributed by atoms with Gasteiger partial charge in [0.15, 0.2) is 0 Å². The number of fused-ring (bicyclic) bond motifs is 3. The van der Waals surface area contributed by atoms with E-state index < -0.39 is 9.71 Å². The fourth-order valence-electron chi connectivity index (χ4n) is 1.48. The highest BCUT2D eigenvalue weighted by Crippen LogP contribution is 2.13. The van der Waals surface area contributed by atoms with E-state index in [1.807, 2.05) is 9.67 Å². The average Bonchev–Trinajstić information content (AvgIpc) is 2.17. The van der Waals surface area contributed by atoms with Crippen LogP contribution in [0, 0.1) is 0 Å². The minimum Gasteiger partial charge on any atom is -0.273 e. The predicted molar refractivity (Wildman–Crippen MR) is 48.4 cm³/mol. The molecule has 0 radical (unpaired) electrons. The number of aliphatic imine (C=N–C) groups is 1. The molecule has 2 atom stereocenters. The van der Waals surface area contributed by atoms with Gasteiger partial charge in [-0.05, 0) is 12.8 Å². The molecule has 0 aromatic rings. The molecule has 3 aliphatic rings. The molecule has 4 heteroatoms. The molecule has 0 aliphatic carbocycles. The first-order chi connectivity index (χ1) is 5.18. The Morgan fingerprint density at radius 2 is 2.55 bits per heavy atom. The van der Waals surface area contributed by atoms with Crippen LogP contribution in [0.4, 0.5) is 0 Å². The smallest absolute Gasteiger partial charge is 0.102 e. The first-order valence-corrected chi connectivity index (χ1v) is 5.79. The molecule has 0 aromatic carbocycles. The molecular weight excluding hydrogens is 160 g/mol. The van der Waals surface area contributed by atoms with Crippen LogP contribution >= 0.6 is 0 Å². The molecule has 3 rings (SSSR count). The molecule has 0 saturated heterocycles. The van der Waals surface area contributed by atoms with Gasteiger partial charge in [-0.2, -0.15) is 0 Å². The standard InChI is InChI=1S/C7H12N2OS/c1-11(10)5-7-3-2-4-9(11)6-8-7/h5H,2-4,6H2,1H3. The summed E-state index contributed by atoms with van der Waals surface area (Å²) in [6.45, 7) is 1.57. The normalized spacial score (nSPS) is 42.6. The number of hydrogen-bond acceptors (Lipinski definition) is 2. The topological polar surface area (TPSA) is 32.7 Å². The van der Waals surface area contributed by atoms with E-state index in [2.05, 4.69) is 4.99 Å². The second-order valence-electron chi connectivity index (χ2n) is 3.08. The SMILES string of the molecule is CS1(=O)=CC2=NCN1CCC2. The summed E-state index contributed by atoms with van der Waals surface area (Å²) in [7, 11) is -1.83. The fourth-order valence-corrected chi connectivity index (χ4v) is 3.10. The van der Waals surface area contributed by atoms with Gasteiger partial charge in [0.25, 0.3) is 0 Å². The minimum absolute atomic E-state index is 0.640. The Hall–Kier alpha value is -0.350. The van der Waals surface area contributed by atoms with Crippen LogP contribution in [0.5, 0.6) is 0 Å². The third-order valence-electron chi connectivity index (χ3n) is 2.14. The largest absolute Gasteiger partial charge is 0.273 e. The second kappa shape index (κ2) is 2.32. The van der Waals surface area contributed by atoms with Gasteiger partial charge in [0.05, 0.1) is 0 Å². The summed E-state index contributed by atoms with van der Waals surface area (Å²) in [5.74, 6) is 0. The minimum atomic E-state index is -1.83. The van der Waals surface area contributed by atoms with Gasteiger partial charge in [-0.1, -0.05) is 0 Å². The molecule has 0 fully saturated rings. The van der Waals surface area contributed by atoms with Crippen molar-refractivity contribution in [3.05, 3.63) is 0 Å². The molecular formula is C7H12N2OS. The summed E-state index contributed by atoms with van der Waals surface area (Å²) in [5, 5.41) is 1.84. The van der Waals surface area contributed by atoms with Gasteiger partial charge in [-0.25, -0.2) is 4.31 Å². The molecule has 0 spiro atoms. The quantitative estimate of drug-likeness (QED) is 0.478. The van der Waals surface area contributed by atoms with E-state index in [1.165, 1.54) is 0 Å². The molecule has 0 N–H and O–H groups in total. The summed E-state index contributed by atoms with van der Waals surface area (Å²) >= 11 is 0. The Labute approximate surface area is 67.3 Å². The van der Waals surface area contributed by atoms with Crippen LogP contribution < -0.4 is 0 Å². The van der Waals surface area contributed by atoms with Crippen LogP contribution in [0.1, 0.15) is 12.8 Å². The zero-order chi connectivity index (χ0) is 7.90. The Bertz CT molecular complexity index is 312. The second-order valence-corrected chi connectivity index (χ2v) is 5.55. The fraction of sp³-hybridized carbons (Fsp3) is 0.714. The van der Waals surface area contributed by atoms with Crippen molar-refractivity contribution in [1.29, 1.82) is 0 Å². The van der Waals surface area contributed by atoms with Crippen molar-refractivity contribution in [3.8, 4) is 0 Å². The maximum Gasteiger partial charge on any atom is 0.102 e.